The molecule has 0 aliphatic heterocycles. The van der Waals surface area contributed by atoms with Gasteiger partial charge in [-0.05, 0) is 13.2 Å². The van der Waals surface area contributed by atoms with E-state index in [1.54, 1.807) is 11.8 Å². The summed E-state index contributed by atoms with van der Waals surface area (Å²) in [6.45, 7) is 2.04. The Kier molecular flexibility index (Phi) is 2.05. The highest BCUT2D eigenvalue weighted by atomic mass is 32.2. The van der Waals surface area contributed by atoms with Gasteiger partial charge in [-0.3, -0.25) is 0 Å². The average Bonchev–Trinajstić information content (AvgIpc) is 2.37. The van der Waals surface area contributed by atoms with Gasteiger partial charge >= 0.3 is 0 Å². The molecule has 0 aliphatic rings. The maximum absolute atomic E-state index is 3.82. The van der Waals surface area contributed by atoms with Crippen LogP contribution in [-0.2, 0) is 0 Å². The first kappa shape index (κ1) is 6.54. The van der Waals surface area contributed by atoms with E-state index in [0.29, 0.717) is 5.25 Å². The largest absolute Gasteiger partial charge is 0.187 e. The Hall–Kier alpha value is -0.580. The first-order valence-electron chi connectivity index (χ1n) is 2.60. The zero-order valence-corrected chi connectivity index (χ0v) is 6.14. The van der Waals surface area contributed by atoms with Crippen molar-refractivity contribution in [2.45, 2.75) is 12.2 Å². The van der Waals surface area contributed by atoms with Gasteiger partial charge in [-0.15, -0.1) is 10.2 Å². The number of rotatable bonds is 2. The predicted molar refractivity (Wildman–Crippen MR) is 36.1 cm³/mol. The molecule has 1 rings (SSSR count). The van der Waals surface area contributed by atoms with Crippen LogP contribution < -0.4 is 0 Å². The summed E-state index contributed by atoms with van der Waals surface area (Å²) in [6.07, 6.45) is 2.01. The SMILES string of the molecule is CSC(C)c1nn[nH]n1. The molecule has 0 radical (unpaired) electrons. The molecular weight excluding hydrogens is 136 g/mol. The monoisotopic (exact) mass is 144 g/mol. The number of hydrogen-bond donors (Lipinski definition) is 1. The van der Waals surface area contributed by atoms with Crippen molar-refractivity contribution in [1.82, 2.24) is 20.6 Å². The topological polar surface area (TPSA) is 54.5 Å². The average molecular weight is 144 g/mol. The van der Waals surface area contributed by atoms with Crippen LogP contribution in [0.15, 0.2) is 0 Å². The van der Waals surface area contributed by atoms with Crippen molar-refractivity contribution in [2.75, 3.05) is 6.26 Å². The van der Waals surface area contributed by atoms with E-state index in [4.69, 9.17) is 0 Å². The minimum absolute atomic E-state index is 0.337. The van der Waals surface area contributed by atoms with Gasteiger partial charge in [-0.2, -0.15) is 17.0 Å². The lowest BCUT2D eigenvalue weighted by molar-refractivity contribution is 0.881. The minimum atomic E-state index is 0.337. The number of H-pyrrole nitrogens is 1. The van der Waals surface area contributed by atoms with E-state index in [2.05, 4.69) is 20.6 Å². The fourth-order valence-electron chi connectivity index (χ4n) is 0.447. The molecule has 1 N–H and O–H groups in total. The van der Waals surface area contributed by atoms with Crippen LogP contribution in [0.3, 0.4) is 0 Å². The van der Waals surface area contributed by atoms with Gasteiger partial charge in [-0.25, -0.2) is 0 Å². The lowest BCUT2D eigenvalue weighted by Gasteiger charge is -1.97. The molecule has 1 heterocycles. The lowest BCUT2D eigenvalue weighted by Crippen LogP contribution is -1.89. The van der Waals surface area contributed by atoms with Crippen molar-refractivity contribution in [1.29, 1.82) is 0 Å². The summed E-state index contributed by atoms with van der Waals surface area (Å²) in [5.41, 5.74) is 0. The lowest BCUT2D eigenvalue weighted by atomic mass is 10.5. The van der Waals surface area contributed by atoms with Gasteiger partial charge in [0.05, 0.1) is 5.25 Å². The van der Waals surface area contributed by atoms with Crippen LogP contribution in [0.2, 0.25) is 0 Å². The van der Waals surface area contributed by atoms with Crippen molar-refractivity contribution < 1.29 is 0 Å². The third-order valence-corrected chi connectivity index (χ3v) is 2.00. The van der Waals surface area contributed by atoms with Crippen molar-refractivity contribution >= 4 is 11.8 Å². The second-order valence-electron chi connectivity index (χ2n) is 1.65. The van der Waals surface area contributed by atoms with E-state index in [9.17, 15) is 0 Å². The Morgan fingerprint density at radius 2 is 2.44 bits per heavy atom. The number of nitrogens with one attached hydrogen (secondary N) is 1. The third kappa shape index (κ3) is 1.41. The maximum Gasteiger partial charge on any atom is 0.187 e. The van der Waals surface area contributed by atoms with Gasteiger partial charge < -0.3 is 0 Å². The molecule has 0 aliphatic carbocycles. The summed E-state index contributed by atoms with van der Waals surface area (Å²) in [7, 11) is 0. The van der Waals surface area contributed by atoms with Crippen LogP contribution in [0.25, 0.3) is 0 Å². The number of hydrogen-bond acceptors (Lipinski definition) is 4. The second kappa shape index (κ2) is 2.82. The molecule has 4 nitrogen and oxygen atoms in total. The smallest absolute Gasteiger partial charge is 0.177 e. The highest BCUT2D eigenvalue weighted by Gasteiger charge is 2.06. The fourth-order valence-corrected chi connectivity index (χ4v) is 0.758. The van der Waals surface area contributed by atoms with Crippen LogP contribution in [0.1, 0.15) is 18.0 Å². The molecule has 0 amide bonds. The first-order valence-corrected chi connectivity index (χ1v) is 3.89. The van der Waals surface area contributed by atoms with E-state index in [1.165, 1.54) is 0 Å². The molecule has 50 valence electrons. The summed E-state index contributed by atoms with van der Waals surface area (Å²) >= 11 is 1.70. The second-order valence-corrected chi connectivity index (χ2v) is 2.83. The van der Waals surface area contributed by atoms with Crippen LogP contribution >= 0.6 is 11.8 Å². The molecule has 0 saturated heterocycles. The van der Waals surface area contributed by atoms with Gasteiger partial charge in [0.2, 0.25) is 0 Å². The molecule has 1 aromatic heterocycles. The van der Waals surface area contributed by atoms with Crippen molar-refractivity contribution in [3.05, 3.63) is 5.82 Å². The van der Waals surface area contributed by atoms with E-state index in [0.717, 1.165) is 5.82 Å². The van der Waals surface area contributed by atoms with Crippen molar-refractivity contribution in [2.24, 2.45) is 0 Å². The molecule has 0 bridgehead atoms. The van der Waals surface area contributed by atoms with Crippen LogP contribution in [0.4, 0.5) is 0 Å². The van der Waals surface area contributed by atoms with Gasteiger partial charge in [0.15, 0.2) is 5.82 Å². The highest BCUT2D eigenvalue weighted by Crippen LogP contribution is 2.20. The van der Waals surface area contributed by atoms with Crippen molar-refractivity contribution in [3.8, 4) is 0 Å². The Bertz CT molecular complexity index is 161. The molecule has 0 saturated carbocycles. The molecule has 0 fully saturated rings. The standard InChI is InChI=1S/C4H8N4S/c1-3(9-2)4-5-7-8-6-4/h3H,1-2H3,(H,5,6,7,8). The zero-order chi connectivity index (χ0) is 6.69. The van der Waals surface area contributed by atoms with Crippen molar-refractivity contribution in [3.63, 3.8) is 0 Å². The molecule has 5 heteroatoms. The summed E-state index contributed by atoms with van der Waals surface area (Å²) in [6, 6.07) is 0. The van der Waals surface area contributed by atoms with Gasteiger partial charge in [0.25, 0.3) is 0 Å². The Morgan fingerprint density at radius 1 is 1.67 bits per heavy atom. The molecule has 9 heavy (non-hydrogen) atoms. The summed E-state index contributed by atoms with van der Waals surface area (Å²) in [5, 5.41) is 13.8. The van der Waals surface area contributed by atoms with Gasteiger partial charge in [0, 0.05) is 0 Å². The molecule has 1 unspecified atom stereocenters. The number of nitrogens with zero attached hydrogens (tertiary/aromatic N) is 3. The number of tetrazole rings is 1. The summed E-state index contributed by atoms with van der Waals surface area (Å²) in [4.78, 5) is 0. The summed E-state index contributed by atoms with van der Waals surface area (Å²) in [5.74, 6) is 0.766. The van der Waals surface area contributed by atoms with E-state index in [1.807, 2.05) is 13.2 Å². The minimum Gasteiger partial charge on any atom is -0.177 e. The number of aromatic nitrogens is 4. The highest BCUT2D eigenvalue weighted by molar-refractivity contribution is 7.98. The summed E-state index contributed by atoms with van der Waals surface area (Å²) < 4.78 is 0. The molecule has 1 atom stereocenters. The Morgan fingerprint density at radius 3 is 2.89 bits per heavy atom. The van der Waals surface area contributed by atoms with Crippen LogP contribution in [0.5, 0.6) is 0 Å². The quantitative estimate of drug-likeness (QED) is 0.661. The fraction of sp³-hybridized carbons (Fsp3) is 0.750. The van der Waals surface area contributed by atoms with E-state index >= 15 is 0 Å². The van der Waals surface area contributed by atoms with E-state index in [-0.39, 0.29) is 0 Å². The Labute approximate surface area is 57.4 Å². The molecule has 1 aromatic rings. The normalized spacial score (nSPS) is 13.6. The molecule has 0 spiro atoms. The zero-order valence-electron chi connectivity index (χ0n) is 5.33. The number of aromatic amines is 1. The van der Waals surface area contributed by atoms with Gasteiger partial charge in [-0.1, -0.05) is 5.21 Å². The third-order valence-electron chi connectivity index (χ3n) is 1.08. The van der Waals surface area contributed by atoms with Crippen LogP contribution in [0, 0.1) is 0 Å². The van der Waals surface area contributed by atoms with Gasteiger partial charge in [0.1, 0.15) is 0 Å². The van der Waals surface area contributed by atoms with Crippen LogP contribution in [-0.4, -0.2) is 26.9 Å². The number of thioether (sulfide) groups is 1. The molecule has 0 aromatic carbocycles. The first-order chi connectivity index (χ1) is 4.34. The molecular formula is C4H8N4S. The Balaban J connectivity index is 2.65. The van der Waals surface area contributed by atoms with E-state index < -0.39 is 0 Å². The predicted octanol–water partition coefficient (Wildman–Crippen LogP) is 0.624. The maximum atomic E-state index is 3.82.